The molecule has 0 saturated carbocycles. The van der Waals surface area contributed by atoms with Gasteiger partial charge >= 0.3 is 6.18 Å². The molecular weight excluding hydrogens is 418 g/mol. The Hall–Kier alpha value is -1.06. The molecule has 0 aliphatic carbocycles. The third-order valence-corrected chi connectivity index (χ3v) is 4.81. The molecule has 1 amide bonds. The molecule has 1 aromatic carbocycles. The summed E-state index contributed by atoms with van der Waals surface area (Å²) in [5, 5.41) is 2.84. The quantitative estimate of drug-likeness (QED) is 0.705. The third-order valence-electron chi connectivity index (χ3n) is 4.81. The summed E-state index contributed by atoms with van der Waals surface area (Å²) in [4.78, 5) is 14.1. The van der Waals surface area contributed by atoms with E-state index in [1.807, 2.05) is 7.05 Å². The van der Waals surface area contributed by atoms with Crippen LogP contribution in [0.5, 0.6) is 0 Å². The monoisotopic (exact) mass is 445 g/mol. The van der Waals surface area contributed by atoms with E-state index in [1.165, 1.54) is 19.2 Å². The van der Waals surface area contributed by atoms with Crippen LogP contribution < -0.4 is 11.1 Å². The summed E-state index contributed by atoms with van der Waals surface area (Å²) < 4.78 is 43.2. The number of methoxy groups -OCH3 is 1. The molecule has 1 aromatic rings. The first-order valence-corrected chi connectivity index (χ1v) is 8.63. The molecular formula is C18H28Cl2F3N3O2. The second kappa shape index (κ2) is 11.8. The second-order valence-electron chi connectivity index (χ2n) is 6.75. The van der Waals surface area contributed by atoms with E-state index < -0.39 is 17.8 Å². The van der Waals surface area contributed by atoms with Crippen LogP contribution in [0.3, 0.4) is 0 Å². The molecule has 2 rings (SSSR count). The van der Waals surface area contributed by atoms with Gasteiger partial charge in [0.2, 0.25) is 5.91 Å². The van der Waals surface area contributed by atoms with Gasteiger partial charge in [0.25, 0.3) is 0 Å². The number of ether oxygens (including phenoxy) is 1. The molecule has 1 heterocycles. The molecule has 3 atom stereocenters. The summed E-state index contributed by atoms with van der Waals surface area (Å²) in [6.45, 7) is 1.42. The Morgan fingerprint density at radius 2 is 1.93 bits per heavy atom. The lowest BCUT2D eigenvalue weighted by Crippen LogP contribution is -2.47. The SMILES string of the molecule is COCC(N)C(=O)NCC1CCCN(C)C1c1ccc(C(F)(F)F)cc1.Cl.Cl. The molecule has 0 radical (unpaired) electrons. The van der Waals surface area contributed by atoms with Crippen molar-refractivity contribution in [2.75, 3.05) is 33.9 Å². The van der Waals surface area contributed by atoms with E-state index in [1.54, 1.807) is 0 Å². The molecule has 0 bridgehead atoms. The number of nitrogens with two attached hydrogens (primary N) is 1. The molecule has 1 aliphatic heterocycles. The third kappa shape index (κ3) is 7.08. The average molecular weight is 446 g/mol. The van der Waals surface area contributed by atoms with Crippen molar-refractivity contribution in [2.24, 2.45) is 11.7 Å². The van der Waals surface area contributed by atoms with Gasteiger partial charge in [0.05, 0.1) is 12.2 Å². The number of rotatable bonds is 6. The van der Waals surface area contributed by atoms with Gasteiger partial charge in [-0.15, -0.1) is 24.8 Å². The van der Waals surface area contributed by atoms with E-state index in [0.29, 0.717) is 6.54 Å². The van der Waals surface area contributed by atoms with Gasteiger partial charge in [-0.2, -0.15) is 13.2 Å². The first-order chi connectivity index (χ1) is 12.2. The maximum Gasteiger partial charge on any atom is 0.416 e. The molecule has 1 aliphatic rings. The number of piperidine rings is 1. The highest BCUT2D eigenvalue weighted by Gasteiger charge is 2.33. The predicted octanol–water partition coefficient (Wildman–Crippen LogP) is 3.02. The Morgan fingerprint density at radius 1 is 1.32 bits per heavy atom. The number of carbonyl (C=O) groups excluding carboxylic acids is 1. The lowest BCUT2D eigenvalue weighted by molar-refractivity contribution is -0.137. The van der Waals surface area contributed by atoms with Crippen molar-refractivity contribution in [1.82, 2.24) is 10.2 Å². The molecule has 28 heavy (non-hydrogen) atoms. The lowest BCUT2D eigenvalue weighted by atomic mass is 9.84. The molecule has 1 fully saturated rings. The molecule has 3 N–H and O–H groups in total. The van der Waals surface area contributed by atoms with Gasteiger partial charge in [-0.05, 0) is 50.0 Å². The fourth-order valence-electron chi connectivity index (χ4n) is 3.49. The zero-order valence-corrected chi connectivity index (χ0v) is 17.5. The minimum Gasteiger partial charge on any atom is -0.383 e. The summed E-state index contributed by atoms with van der Waals surface area (Å²) in [6.07, 6.45) is -2.49. The van der Waals surface area contributed by atoms with Crippen molar-refractivity contribution in [3.05, 3.63) is 35.4 Å². The van der Waals surface area contributed by atoms with Gasteiger partial charge in [0, 0.05) is 19.7 Å². The maximum absolute atomic E-state index is 12.8. The first-order valence-electron chi connectivity index (χ1n) is 8.63. The highest BCUT2D eigenvalue weighted by atomic mass is 35.5. The minimum absolute atomic E-state index is 0. The molecule has 162 valence electrons. The standard InChI is InChI=1S/C18H26F3N3O2.2ClH/c1-24-9-3-4-13(10-23-17(25)15(22)11-26-2)16(24)12-5-7-14(8-6-12)18(19,20)21;;/h5-8,13,15-16H,3-4,9-11,22H2,1-2H3,(H,23,25);2*1H. The first kappa shape index (κ1) is 26.9. The predicted molar refractivity (Wildman–Crippen MR) is 107 cm³/mol. The van der Waals surface area contributed by atoms with E-state index in [0.717, 1.165) is 37.1 Å². The fourth-order valence-corrected chi connectivity index (χ4v) is 3.49. The van der Waals surface area contributed by atoms with Crippen molar-refractivity contribution in [1.29, 1.82) is 0 Å². The number of amides is 1. The summed E-state index contributed by atoms with van der Waals surface area (Å²) in [7, 11) is 3.43. The smallest absolute Gasteiger partial charge is 0.383 e. The Morgan fingerprint density at radius 3 is 2.46 bits per heavy atom. The van der Waals surface area contributed by atoms with E-state index in [4.69, 9.17) is 10.5 Å². The normalized spacial score (nSPS) is 21.2. The number of hydrogen-bond acceptors (Lipinski definition) is 4. The van der Waals surface area contributed by atoms with Crippen molar-refractivity contribution in [3.63, 3.8) is 0 Å². The molecule has 5 nitrogen and oxygen atoms in total. The van der Waals surface area contributed by atoms with Crippen LogP contribution in [0.4, 0.5) is 13.2 Å². The number of benzene rings is 1. The lowest BCUT2D eigenvalue weighted by Gasteiger charge is -2.40. The van der Waals surface area contributed by atoms with E-state index in [9.17, 15) is 18.0 Å². The minimum atomic E-state index is -4.35. The van der Waals surface area contributed by atoms with E-state index >= 15 is 0 Å². The van der Waals surface area contributed by atoms with Crippen molar-refractivity contribution < 1.29 is 22.7 Å². The van der Waals surface area contributed by atoms with Gasteiger partial charge in [-0.25, -0.2) is 0 Å². The number of hydrogen-bond donors (Lipinski definition) is 2. The van der Waals surface area contributed by atoms with Crippen LogP contribution in [0.25, 0.3) is 0 Å². The zero-order chi connectivity index (χ0) is 19.3. The zero-order valence-electron chi connectivity index (χ0n) is 15.9. The molecule has 0 spiro atoms. The Bertz CT molecular complexity index is 603. The van der Waals surface area contributed by atoms with Gasteiger partial charge in [-0.1, -0.05) is 12.1 Å². The molecule has 0 aromatic heterocycles. The maximum atomic E-state index is 12.8. The number of likely N-dealkylation sites (tertiary alicyclic amines) is 1. The number of alkyl halides is 3. The van der Waals surface area contributed by atoms with Crippen LogP contribution >= 0.6 is 24.8 Å². The summed E-state index contributed by atoms with van der Waals surface area (Å²) in [6, 6.07) is 4.50. The van der Waals surface area contributed by atoms with Crippen LogP contribution in [-0.2, 0) is 15.7 Å². The number of nitrogens with one attached hydrogen (secondary N) is 1. The molecule has 3 unspecified atom stereocenters. The highest BCUT2D eigenvalue weighted by Crippen LogP contribution is 2.36. The highest BCUT2D eigenvalue weighted by molar-refractivity contribution is 5.85. The van der Waals surface area contributed by atoms with Crippen LogP contribution in [0.15, 0.2) is 24.3 Å². The Labute approximate surface area is 176 Å². The van der Waals surface area contributed by atoms with E-state index in [2.05, 4.69) is 10.2 Å². The van der Waals surface area contributed by atoms with Crippen LogP contribution in [-0.4, -0.2) is 50.7 Å². The molecule has 10 heteroatoms. The number of halogens is 5. The largest absolute Gasteiger partial charge is 0.416 e. The van der Waals surface area contributed by atoms with Crippen molar-refractivity contribution in [2.45, 2.75) is 31.1 Å². The summed E-state index contributed by atoms with van der Waals surface area (Å²) in [5.41, 5.74) is 5.88. The summed E-state index contributed by atoms with van der Waals surface area (Å²) >= 11 is 0. The second-order valence-corrected chi connectivity index (χ2v) is 6.75. The Balaban J connectivity index is 0.00000364. The van der Waals surface area contributed by atoms with Crippen LogP contribution in [0.1, 0.15) is 30.0 Å². The molecule has 1 saturated heterocycles. The van der Waals surface area contributed by atoms with Crippen LogP contribution in [0.2, 0.25) is 0 Å². The van der Waals surface area contributed by atoms with Gasteiger partial charge in [-0.3, -0.25) is 9.69 Å². The van der Waals surface area contributed by atoms with Gasteiger partial charge in [0.15, 0.2) is 0 Å². The topological polar surface area (TPSA) is 67.6 Å². The average Bonchev–Trinajstić information content (AvgIpc) is 2.59. The van der Waals surface area contributed by atoms with E-state index in [-0.39, 0.29) is 49.3 Å². The Kier molecular flexibility index (Phi) is 11.4. The van der Waals surface area contributed by atoms with Gasteiger partial charge < -0.3 is 15.8 Å². The summed E-state index contributed by atoms with van der Waals surface area (Å²) in [5.74, 6) is -0.185. The van der Waals surface area contributed by atoms with Crippen molar-refractivity contribution >= 4 is 30.7 Å². The fraction of sp³-hybridized carbons (Fsp3) is 0.611. The van der Waals surface area contributed by atoms with Crippen LogP contribution in [0, 0.1) is 5.92 Å². The van der Waals surface area contributed by atoms with Gasteiger partial charge in [0.1, 0.15) is 6.04 Å². The van der Waals surface area contributed by atoms with Crippen molar-refractivity contribution in [3.8, 4) is 0 Å². The number of carbonyl (C=O) groups is 1. The number of nitrogens with zero attached hydrogens (tertiary/aromatic N) is 1.